The van der Waals surface area contributed by atoms with E-state index in [9.17, 15) is 0 Å². The van der Waals surface area contributed by atoms with Crippen LogP contribution in [0.4, 0.5) is 0 Å². The molecule has 0 heteroatoms. The van der Waals surface area contributed by atoms with Gasteiger partial charge in [0.15, 0.2) is 0 Å². The topological polar surface area (TPSA) is 0 Å². The summed E-state index contributed by atoms with van der Waals surface area (Å²) < 4.78 is 0. The van der Waals surface area contributed by atoms with Crippen molar-refractivity contribution in [2.75, 3.05) is 0 Å². The van der Waals surface area contributed by atoms with E-state index in [4.69, 9.17) is 0 Å². The van der Waals surface area contributed by atoms with Gasteiger partial charge < -0.3 is 0 Å². The monoisotopic (exact) mass is 814 g/mol. The third-order valence-electron chi connectivity index (χ3n) is 14.1. The molecule has 0 aliphatic carbocycles. The zero-order valence-electron chi connectivity index (χ0n) is 41.8. The quantitative estimate of drug-likeness (QED) is 0.0537. The van der Waals surface area contributed by atoms with Crippen molar-refractivity contribution >= 4 is 0 Å². The Labute approximate surface area is 372 Å². The fourth-order valence-electron chi connectivity index (χ4n) is 9.94. The minimum Gasteiger partial charge on any atom is -0.0654 e. The standard InChI is InChI=1S/C58H117/c1-5-9-13-17-21-25-29-32-33-36-40-44-48-52-56-58(55-51-47-43-39-35-31-27-23-19-15-11-7-3)57(53-49-45-41-37-28-24-20-16-12-8-4)54-50-46-42-38-34-30-26-22-18-14-10-6-2/h57H,5-56H2,1-4H3. The average molecular weight is 815 g/mol. The molecule has 0 aliphatic heterocycles. The summed E-state index contributed by atoms with van der Waals surface area (Å²) >= 11 is 0. The Bertz CT molecular complexity index is 680. The Morgan fingerprint density at radius 2 is 0.345 bits per heavy atom. The lowest BCUT2D eigenvalue weighted by molar-refractivity contribution is 0.370. The Morgan fingerprint density at radius 3 is 0.534 bits per heavy atom. The molecule has 58 heavy (non-hydrogen) atoms. The molecule has 1 unspecified atom stereocenters. The van der Waals surface area contributed by atoms with Gasteiger partial charge in [-0.05, 0) is 37.5 Å². The fraction of sp³-hybridized carbons (Fsp3) is 0.983. The zero-order chi connectivity index (χ0) is 41.9. The summed E-state index contributed by atoms with van der Waals surface area (Å²) in [5.41, 5.74) is 0. The van der Waals surface area contributed by atoms with E-state index in [1.54, 1.807) is 0 Å². The lowest BCUT2D eigenvalue weighted by Crippen LogP contribution is -2.14. The Morgan fingerprint density at radius 1 is 0.190 bits per heavy atom. The lowest BCUT2D eigenvalue weighted by Gasteiger charge is -2.28. The normalized spacial score (nSPS) is 12.4. The first kappa shape index (κ1) is 58.0. The van der Waals surface area contributed by atoms with Crippen molar-refractivity contribution in [2.45, 2.75) is 362 Å². The second-order valence-electron chi connectivity index (χ2n) is 20.0. The summed E-state index contributed by atoms with van der Waals surface area (Å²) in [4.78, 5) is 0. The minimum atomic E-state index is 0.937. The molecule has 1 radical (unpaired) electrons. The average Bonchev–Trinajstić information content (AvgIpc) is 3.23. The lowest BCUT2D eigenvalue weighted by atomic mass is 9.78. The molecule has 0 heterocycles. The van der Waals surface area contributed by atoms with Crippen LogP contribution in [-0.4, -0.2) is 0 Å². The molecule has 0 saturated carbocycles. The van der Waals surface area contributed by atoms with Crippen molar-refractivity contribution in [3.8, 4) is 0 Å². The van der Waals surface area contributed by atoms with Crippen molar-refractivity contribution in [1.29, 1.82) is 0 Å². The van der Waals surface area contributed by atoms with E-state index in [2.05, 4.69) is 27.7 Å². The fourth-order valence-corrected chi connectivity index (χ4v) is 9.94. The highest BCUT2D eigenvalue weighted by Crippen LogP contribution is 2.35. The molecular formula is C58H117. The molecule has 0 saturated heterocycles. The van der Waals surface area contributed by atoms with Gasteiger partial charge in [-0.15, -0.1) is 0 Å². The van der Waals surface area contributed by atoms with Crippen LogP contribution < -0.4 is 0 Å². The van der Waals surface area contributed by atoms with Gasteiger partial charge in [-0.25, -0.2) is 0 Å². The van der Waals surface area contributed by atoms with Gasteiger partial charge in [0.25, 0.3) is 0 Å². The summed E-state index contributed by atoms with van der Waals surface area (Å²) in [6.45, 7) is 9.34. The largest absolute Gasteiger partial charge is 0.0654 e. The third-order valence-corrected chi connectivity index (χ3v) is 14.1. The van der Waals surface area contributed by atoms with Gasteiger partial charge in [-0.3, -0.25) is 0 Å². The summed E-state index contributed by atoms with van der Waals surface area (Å²) in [7, 11) is 0. The molecular weight excluding hydrogens is 697 g/mol. The molecule has 0 bridgehead atoms. The van der Waals surface area contributed by atoms with Crippen LogP contribution in [0.15, 0.2) is 0 Å². The van der Waals surface area contributed by atoms with Crippen LogP contribution in [0, 0.1) is 11.8 Å². The molecule has 0 fully saturated rings. The van der Waals surface area contributed by atoms with E-state index < -0.39 is 0 Å². The molecule has 0 amide bonds. The molecule has 0 aromatic carbocycles. The highest BCUT2D eigenvalue weighted by atomic mass is 14.3. The van der Waals surface area contributed by atoms with Crippen molar-refractivity contribution in [2.24, 2.45) is 5.92 Å². The third kappa shape index (κ3) is 47.1. The molecule has 0 aromatic rings. The molecule has 0 aliphatic rings. The van der Waals surface area contributed by atoms with Crippen LogP contribution in [0.25, 0.3) is 0 Å². The number of unbranched alkanes of at least 4 members (excludes halogenated alkanes) is 44. The van der Waals surface area contributed by atoms with Crippen molar-refractivity contribution in [1.82, 2.24) is 0 Å². The van der Waals surface area contributed by atoms with Crippen LogP contribution in [0.2, 0.25) is 0 Å². The second kappa shape index (κ2) is 53.1. The maximum atomic E-state index is 2.34. The maximum Gasteiger partial charge on any atom is -0.0210 e. The minimum absolute atomic E-state index is 0.937. The molecule has 0 nitrogen and oxygen atoms in total. The number of hydrogen-bond donors (Lipinski definition) is 0. The number of rotatable bonds is 53. The summed E-state index contributed by atoms with van der Waals surface area (Å²) in [6.07, 6.45) is 76.7. The molecule has 0 spiro atoms. The van der Waals surface area contributed by atoms with Crippen LogP contribution in [-0.2, 0) is 0 Å². The molecule has 1 atom stereocenters. The Balaban J connectivity index is 4.83. The smallest absolute Gasteiger partial charge is 0.0210 e. The van der Waals surface area contributed by atoms with Gasteiger partial charge in [0.2, 0.25) is 0 Å². The summed E-state index contributed by atoms with van der Waals surface area (Å²) in [5, 5.41) is 0. The Kier molecular flexibility index (Phi) is 53.1. The first-order chi connectivity index (χ1) is 28.8. The van der Waals surface area contributed by atoms with Gasteiger partial charge in [0.1, 0.15) is 0 Å². The van der Waals surface area contributed by atoms with Crippen LogP contribution in [0.3, 0.4) is 0 Å². The second-order valence-corrected chi connectivity index (χ2v) is 20.0. The van der Waals surface area contributed by atoms with Gasteiger partial charge in [-0.2, -0.15) is 0 Å². The van der Waals surface area contributed by atoms with Crippen LogP contribution >= 0.6 is 0 Å². The van der Waals surface area contributed by atoms with Crippen molar-refractivity contribution in [3.63, 3.8) is 0 Å². The van der Waals surface area contributed by atoms with E-state index in [0.717, 1.165) is 5.92 Å². The first-order valence-electron chi connectivity index (χ1n) is 28.6. The van der Waals surface area contributed by atoms with E-state index in [1.807, 2.05) is 5.92 Å². The first-order valence-corrected chi connectivity index (χ1v) is 28.6. The molecule has 0 aromatic heterocycles. The van der Waals surface area contributed by atoms with E-state index in [0.29, 0.717) is 0 Å². The molecule has 0 N–H and O–H groups in total. The van der Waals surface area contributed by atoms with E-state index in [-0.39, 0.29) is 0 Å². The SMILES string of the molecule is CCCCCCCCCCCCCCCC[C](CCCCCCCCCCCCCC)C(CCCCCCCCCCCC)CCCCCCCCCCCCCC. The molecule has 0 rings (SSSR count). The highest BCUT2D eigenvalue weighted by molar-refractivity contribution is 4.96. The van der Waals surface area contributed by atoms with Gasteiger partial charge in [0, 0.05) is 0 Å². The van der Waals surface area contributed by atoms with E-state index in [1.165, 1.54) is 334 Å². The van der Waals surface area contributed by atoms with Crippen LogP contribution in [0.1, 0.15) is 362 Å². The van der Waals surface area contributed by atoms with Crippen LogP contribution in [0.5, 0.6) is 0 Å². The predicted octanol–water partition coefficient (Wildman–Crippen LogP) is 22.5. The summed E-state index contributed by atoms with van der Waals surface area (Å²) in [5.74, 6) is 2.98. The Hall–Kier alpha value is 0. The molecule has 349 valence electrons. The summed E-state index contributed by atoms with van der Waals surface area (Å²) in [6, 6.07) is 0. The number of hydrogen-bond acceptors (Lipinski definition) is 0. The van der Waals surface area contributed by atoms with Crippen molar-refractivity contribution < 1.29 is 0 Å². The van der Waals surface area contributed by atoms with E-state index >= 15 is 0 Å². The zero-order valence-corrected chi connectivity index (χ0v) is 41.8. The highest BCUT2D eigenvalue weighted by Gasteiger charge is 2.21. The van der Waals surface area contributed by atoms with Crippen molar-refractivity contribution in [3.05, 3.63) is 5.92 Å². The maximum absolute atomic E-state index is 2.34. The van der Waals surface area contributed by atoms with Gasteiger partial charge in [-0.1, -0.05) is 336 Å². The van der Waals surface area contributed by atoms with Gasteiger partial charge in [0.05, 0.1) is 0 Å². The predicted molar refractivity (Wildman–Crippen MR) is 270 cm³/mol. The van der Waals surface area contributed by atoms with Gasteiger partial charge >= 0.3 is 0 Å².